The number of piperazine rings is 1. The summed E-state index contributed by atoms with van der Waals surface area (Å²) in [5, 5.41) is 0. The molecule has 0 saturated carbocycles. The van der Waals surface area contributed by atoms with Crippen LogP contribution < -0.4 is 0 Å². The number of carbonyl (C=O) groups excluding carboxylic acids is 1. The van der Waals surface area contributed by atoms with Gasteiger partial charge in [-0.05, 0) is 24.6 Å². The van der Waals surface area contributed by atoms with Gasteiger partial charge in [-0.1, -0.05) is 12.1 Å². The molecule has 1 spiro atoms. The molecule has 1 atom stereocenters. The van der Waals surface area contributed by atoms with Crippen molar-refractivity contribution >= 4 is 16.3 Å². The van der Waals surface area contributed by atoms with Crippen LogP contribution in [0.1, 0.15) is 12.5 Å². The molecule has 3 aliphatic rings. The lowest BCUT2D eigenvalue weighted by Crippen LogP contribution is -2.72. The Kier molecular flexibility index (Phi) is 2.59. The van der Waals surface area contributed by atoms with Crippen molar-refractivity contribution in [1.29, 1.82) is 0 Å². The molecule has 0 aliphatic carbocycles. The van der Waals surface area contributed by atoms with Crippen LogP contribution in [0.25, 0.3) is 0 Å². The van der Waals surface area contributed by atoms with Gasteiger partial charge in [0.15, 0.2) is 5.54 Å². The normalized spacial score (nSPS) is 31.7. The second-order valence-electron chi connectivity index (χ2n) is 5.73. The van der Waals surface area contributed by atoms with Crippen LogP contribution in [0.5, 0.6) is 0 Å². The van der Waals surface area contributed by atoms with Crippen molar-refractivity contribution in [2.75, 3.05) is 13.1 Å². The molecule has 0 aromatic heterocycles. The van der Waals surface area contributed by atoms with Crippen molar-refractivity contribution in [2.45, 2.75) is 24.9 Å². The topological polar surface area (TPSA) is 75.9 Å². The highest BCUT2D eigenvalue weighted by atomic mass is 32.3. The molecule has 4 rings (SSSR count). The average molecular weight is 328 g/mol. The molecule has 0 radical (unpaired) electrons. The molecule has 118 valence electrons. The van der Waals surface area contributed by atoms with E-state index in [1.54, 1.807) is 24.0 Å². The summed E-state index contributed by atoms with van der Waals surface area (Å²) in [6.45, 7) is 2.74. The van der Waals surface area contributed by atoms with Crippen molar-refractivity contribution in [3.05, 3.63) is 35.6 Å². The predicted octanol–water partition coefficient (Wildman–Crippen LogP) is 0.188. The number of hydrogen-bond donors (Lipinski definition) is 0. The van der Waals surface area contributed by atoms with Gasteiger partial charge in [0, 0.05) is 19.6 Å². The predicted molar refractivity (Wildman–Crippen MR) is 70.7 cm³/mol. The fraction of sp³-hybridized carbons (Fsp3) is 0.462. The van der Waals surface area contributed by atoms with E-state index in [1.807, 2.05) is 0 Å². The molecule has 9 heteroatoms. The molecule has 0 N–H and O–H groups in total. The zero-order valence-electron chi connectivity index (χ0n) is 11.7. The summed E-state index contributed by atoms with van der Waals surface area (Å²) < 4.78 is 45.8. The molecule has 22 heavy (non-hydrogen) atoms. The number of carbonyl (C=O) groups is 1. The van der Waals surface area contributed by atoms with E-state index in [0.29, 0.717) is 13.1 Å². The average Bonchev–Trinajstić information content (AvgIpc) is 2.97. The van der Waals surface area contributed by atoms with E-state index in [4.69, 9.17) is 8.37 Å². The van der Waals surface area contributed by atoms with E-state index in [-0.39, 0.29) is 18.3 Å². The summed E-state index contributed by atoms with van der Waals surface area (Å²) in [7, 11) is -4.07. The summed E-state index contributed by atoms with van der Waals surface area (Å²) in [4.78, 5) is 15.2. The van der Waals surface area contributed by atoms with Gasteiger partial charge >= 0.3 is 10.4 Å². The number of nitrogens with zero attached hydrogens (tertiary/aromatic N) is 2. The van der Waals surface area contributed by atoms with E-state index < -0.39 is 21.8 Å². The Hall–Kier alpha value is -1.55. The third-order valence-electron chi connectivity index (χ3n) is 4.49. The largest absolute Gasteiger partial charge is 0.407 e. The molecule has 3 heterocycles. The van der Waals surface area contributed by atoms with E-state index in [0.717, 1.165) is 5.56 Å². The van der Waals surface area contributed by atoms with Crippen LogP contribution in [-0.4, -0.2) is 48.7 Å². The molecular weight excluding hydrogens is 315 g/mol. The quantitative estimate of drug-likeness (QED) is 0.721. The third kappa shape index (κ3) is 1.64. The zero-order chi connectivity index (χ0) is 15.8. The number of fused-ring (bicyclic) bond motifs is 2. The van der Waals surface area contributed by atoms with Crippen LogP contribution in [-0.2, 0) is 30.1 Å². The van der Waals surface area contributed by atoms with Crippen molar-refractivity contribution in [3.8, 4) is 0 Å². The first-order valence-corrected chi connectivity index (χ1v) is 8.10. The first-order valence-electron chi connectivity index (χ1n) is 6.76. The summed E-state index contributed by atoms with van der Waals surface area (Å²) in [6, 6.07) is 5.84. The van der Waals surface area contributed by atoms with Crippen molar-refractivity contribution in [1.82, 2.24) is 9.80 Å². The van der Waals surface area contributed by atoms with Gasteiger partial charge in [-0.2, -0.15) is 16.8 Å². The zero-order valence-corrected chi connectivity index (χ0v) is 12.5. The Bertz CT molecular complexity index is 753. The SMILES string of the molecule is CC12C(=O)N1CCN(Cc1ccc(F)cc1)C21OS(=O)(=O)O1. The maximum Gasteiger partial charge on any atom is 0.407 e. The highest BCUT2D eigenvalue weighted by Gasteiger charge is 2.83. The van der Waals surface area contributed by atoms with Crippen molar-refractivity contribution in [2.24, 2.45) is 0 Å². The Morgan fingerprint density at radius 2 is 1.86 bits per heavy atom. The lowest BCUT2D eigenvalue weighted by molar-refractivity contribution is -0.317. The maximum atomic E-state index is 13.0. The molecule has 1 amide bonds. The molecule has 7 nitrogen and oxygen atoms in total. The van der Waals surface area contributed by atoms with Crippen molar-refractivity contribution < 1.29 is 26.0 Å². The highest BCUT2D eigenvalue weighted by molar-refractivity contribution is 7.82. The maximum absolute atomic E-state index is 13.0. The van der Waals surface area contributed by atoms with Crippen LogP contribution >= 0.6 is 0 Å². The summed E-state index contributed by atoms with van der Waals surface area (Å²) in [5.41, 5.74) is -0.362. The van der Waals surface area contributed by atoms with E-state index in [2.05, 4.69) is 0 Å². The smallest absolute Gasteiger partial charge is 0.319 e. The minimum absolute atomic E-state index is 0.205. The van der Waals surface area contributed by atoms with Gasteiger partial charge in [0.2, 0.25) is 0 Å². The Labute approximate surface area is 126 Å². The molecule has 3 aliphatic heterocycles. The number of amides is 1. The summed E-state index contributed by atoms with van der Waals surface area (Å²) in [5.74, 6) is -2.19. The second kappa shape index (κ2) is 4.05. The van der Waals surface area contributed by atoms with Crippen molar-refractivity contribution in [3.63, 3.8) is 0 Å². The first kappa shape index (κ1) is 14.1. The van der Waals surface area contributed by atoms with Crippen LogP contribution in [0.15, 0.2) is 24.3 Å². The number of benzene rings is 1. The third-order valence-corrected chi connectivity index (χ3v) is 5.35. The molecule has 3 fully saturated rings. The fourth-order valence-electron chi connectivity index (χ4n) is 3.21. The summed E-state index contributed by atoms with van der Waals surface area (Å²) >= 11 is 0. The van der Waals surface area contributed by atoms with Gasteiger partial charge in [-0.15, -0.1) is 0 Å². The van der Waals surface area contributed by atoms with Gasteiger partial charge in [0.25, 0.3) is 11.8 Å². The number of hydrogen-bond acceptors (Lipinski definition) is 6. The number of rotatable bonds is 2. The van der Waals surface area contributed by atoms with Crippen LogP contribution in [0, 0.1) is 5.82 Å². The molecule has 1 aromatic carbocycles. The Morgan fingerprint density at radius 1 is 1.23 bits per heavy atom. The number of halogens is 1. The molecule has 0 bridgehead atoms. The molecular formula is C13H13FN2O5S. The van der Waals surface area contributed by atoms with Crippen LogP contribution in [0.3, 0.4) is 0 Å². The van der Waals surface area contributed by atoms with Gasteiger partial charge in [-0.25, -0.2) is 9.29 Å². The molecule has 1 unspecified atom stereocenters. The van der Waals surface area contributed by atoms with Crippen LogP contribution in [0.2, 0.25) is 0 Å². The van der Waals surface area contributed by atoms with E-state index >= 15 is 0 Å². The minimum atomic E-state index is -4.07. The van der Waals surface area contributed by atoms with Gasteiger partial charge in [0.1, 0.15) is 5.82 Å². The van der Waals surface area contributed by atoms with Gasteiger partial charge < -0.3 is 4.90 Å². The van der Waals surface area contributed by atoms with E-state index in [1.165, 1.54) is 17.0 Å². The minimum Gasteiger partial charge on any atom is -0.319 e. The second-order valence-corrected chi connectivity index (χ2v) is 6.88. The molecule has 3 saturated heterocycles. The van der Waals surface area contributed by atoms with E-state index in [9.17, 15) is 17.6 Å². The fourth-order valence-corrected chi connectivity index (χ4v) is 4.31. The van der Waals surface area contributed by atoms with Gasteiger partial charge in [-0.3, -0.25) is 4.79 Å². The van der Waals surface area contributed by atoms with Gasteiger partial charge in [0.05, 0.1) is 0 Å². The lowest BCUT2D eigenvalue weighted by Gasteiger charge is -2.51. The Morgan fingerprint density at radius 3 is 2.45 bits per heavy atom. The summed E-state index contributed by atoms with van der Waals surface area (Å²) in [6.07, 6.45) is 0. The standard InChI is InChI=1S/C13H13FN2O5S/c1-12-11(17)16(12)7-6-15(13(12)20-22(18,19)21-13)8-9-2-4-10(14)5-3-9/h2-5H,6-8H2,1H3. The lowest BCUT2D eigenvalue weighted by atomic mass is 10.0. The molecule has 1 aromatic rings. The van der Waals surface area contributed by atoms with Crippen LogP contribution in [0.4, 0.5) is 4.39 Å². The highest BCUT2D eigenvalue weighted by Crippen LogP contribution is 2.56. The Balaban J connectivity index is 1.66. The monoisotopic (exact) mass is 328 g/mol. The first-order chi connectivity index (χ1) is 10.3.